The van der Waals surface area contributed by atoms with Gasteiger partial charge in [-0.1, -0.05) is 6.92 Å². The van der Waals surface area contributed by atoms with E-state index in [0.29, 0.717) is 6.61 Å². The first-order valence-electron chi connectivity index (χ1n) is 6.33. The van der Waals surface area contributed by atoms with Crippen LogP contribution in [0.3, 0.4) is 0 Å². The first-order valence-corrected chi connectivity index (χ1v) is 6.74. The van der Waals surface area contributed by atoms with Crippen LogP contribution in [0.2, 0.25) is 0 Å². The molecule has 18 heavy (non-hydrogen) atoms. The molecule has 0 aliphatic carbocycles. The monoisotopic (exact) mass is 268 g/mol. The number of hydrogen-bond acceptors (Lipinski definition) is 3. The van der Waals surface area contributed by atoms with Crippen molar-refractivity contribution in [2.24, 2.45) is 7.05 Å². The minimum Gasteiger partial charge on any atom is -0.380 e. The largest absolute Gasteiger partial charge is 0.380 e. The highest BCUT2D eigenvalue weighted by Gasteiger charge is 2.17. The summed E-state index contributed by atoms with van der Waals surface area (Å²) in [6.07, 6.45) is 0.895. The van der Waals surface area contributed by atoms with E-state index in [2.05, 4.69) is 28.5 Å². The fraction of sp³-hybridized carbons (Fsp3) is 0.667. The van der Waals surface area contributed by atoms with Crippen LogP contribution in [0.4, 0.5) is 0 Å². The third-order valence-corrected chi connectivity index (χ3v) is 3.41. The Balaban J connectivity index is 2.53. The van der Waals surface area contributed by atoms with Crippen LogP contribution in [0.1, 0.15) is 32.5 Å². The van der Waals surface area contributed by atoms with Crippen LogP contribution in [0.25, 0.3) is 11.2 Å². The van der Waals surface area contributed by atoms with Crippen LogP contribution in [-0.2, 0) is 18.2 Å². The molecule has 0 amide bonds. The average molecular weight is 268 g/mol. The highest BCUT2D eigenvalue weighted by Crippen LogP contribution is 2.22. The van der Waals surface area contributed by atoms with Crippen LogP contribution in [0.5, 0.6) is 0 Å². The summed E-state index contributed by atoms with van der Waals surface area (Å²) in [7, 11) is 1.95. The van der Waals surface area contributed by atoms with Gasteiger partial charge in [0.05, 0.1) is 18.3 Å². The maximum absolute atomic E-state index is 5.49. The summed E-state index contributed by atoms with van der Waals surface area (Å²) in [6, 6.07) is 0.200. The van der Waals surface area contributed by atoms with Crippen molar-refractivity contribution >= 4 is 23.4 Å². The van der Waals surface area contributed by atoms with Gasteiger partial charge in [-0.3, -0.25) is 9.25 Å². The number of rotatable bonds is 5. The van der Waals surface area contributed by atoms with Crippen molar-refractivity contribution in [3.05, 3.63) is 10.5 Å². The Bertz CT molecular complexity index is 595. The number of aromatic amines is 1. The van der Waals surface area contributed by atoms with E-state index in [-0.39, 0.29) is 6.04 Å². The average Bonchev–Trinajstić information content (AvgIpc) is 2.83. The van der Waals surface area contributed by atoms with Gasteiger partial charge in [0.2, 0.25) is 0 Å². The van der Waals surface area contributed by atoms with E-state index >= 15 is 0 Å². The van der Waals surface area contributed by atoms with Gasteiger partial charge >= 0.3 is 0 Å². The Morgan fingerprint density at radius 1 is 1.44 bits per heavy atom. The molecule has 0 spiro atoms. The molecule has 2 aromatic rings. The van der Waals surface area contributed by atoms with E-state index in [1.165, 1.54) is 0 Å². The number of fused-ring (bicyclic) bond motifs is 1. The standard InChI is InChI=1S/C12H20N4OS/c1-5-9-10-11(15(4)14-9)16(12(18)13-10)8(3)7-17-6-2/h8H,5-7H2,1-4H3,(H,13,18). The van der Waals surface area contributed by atoms with Gasteiger partial charge in [0.25, 0.3) is 0 Å². The summed E-state index contributed by atoms with van der Waals surface area (Å²) in [5.41, 5.74) is 3.15. The van der Waals surface area contributed by atoms with Gasteiger partial charge < -0.3 is 9.72 Å². The number of nitrogens with one attached hydrogen (secondary N) is 1. The quantitative estimate of drug-likeness (QED) is 0.848. The molecule has 0 saturated heterocycles. The second kappa shape index (κ2) is 5.24. The summed E-state index contributed by atoms with van der Waals surface area (Å²) in [4.78, 5) is 3.26. The van der Waals surface area contributed by atoms with Crippen molar-refractivity contribution in [3.8, 4) is 0 Å². The Kier molecular flexibility index (Phi) is 3.87. The lowest BCUT2D eigenvalue weighted by atomic mass is 10.3. The predicted octanol–water partition coefficient (Wildman–Crippen LogP) is 2.59. The van der Waals surface area contributed by atoms with Gasteiger partial charge in [0.15, 0.2) is 10.4 Å². The lowest BCUT2D eigenvalue weighted by molar-refractivity contribution is 0.119. The highest BCUT2D eigenvalue weighted by atomic mass is 32.1. The van der Waals surface area contributed by atoms with E-state index in [4.69, 9.17) is 17.0 Å². The molecule has 2 heterocycles. The number of hydrogen-bond donors (Lipinski definition) is 1. The predicted molar refractivity (Wildman–Crippen MR) is 74.5 cm³/mol. The number of ether oxygens (including phenoxy) is 1. The Hall–Kier alpha value is -1.14. The summed E-state index contributed by atoms with van der Waals surface area (Å²) in [6.45, 7) is 7.58. The molecule has 0 radical (unpaired) electrons. The number of imidazole rings is 1. The maximum atomic E-state index is 5.49. The SMILES string of the molecule is CCOCC(C)n1c(=S)[nH]c2c(CC)nn(C)c21. The minimum atomic E-state index is 0.200. The first-order chi connectivity index (χ1) is 8.60. The molecule has 2 aromatic heterocycles. The van der Waals surface area contributed by atoms with Gasteiger partial charge in [-0.05, 0) is 32.5 Å². The molecule has 0 saturated carbocycles. The lowest BCUT2D eigenvalue weighted by Gasteiger charge is -2.14. The van der Waals surface area contributed by atoms with Gasteiger partial charge in [0, 0.05) is 13.7 Å². The van der Waals surface area contributed by atoms with Crippen molar-refractivity contribution < 1.29 is 4.74 Å². The third-order valence-electron chi connectivity index (χ3n) is 3.11. The number of nitrogens with zero attached hydrogens (tertiary/aromatic N) is 3. The number of aryl methyl sites for hydroxylation is 2. The van der Waals surface area contributed by atoms with Gasteiger partial charge in [-0.15, -0.1) is 0 Å². The second-order valence-corrected chi connectivity index (χ2v) is 4.82. The van der Waals surface area contributed by atoms with Crippen molar-refractivity contribution in [2.45, 2.75) is 33.2 Å². The van der Waals surface area contributed by atoms with E-state index in [9.17, 15) is 0 Å². The Labute approximate surface area is 112 Å². The fourth-order valence-electron chi connectivity index (χ4n) is 2.26. The van der Waals surface area contributed by atoms with Crippen molar-refractivity contribution in [1.82, 2.24) is 19.3 Å². The summed E-state index contributed by atoms with van der Waals surface area (Å²) in [5.74, 6) is 0. The summed E-state index contributed by atoms with van der Waals surface area (Å²) >= 11 is 5.41. The zero-order chi connectivity index (χ0) is 13.3. The zero-order valence-corrected chi connectivity index (χ0v) is 12.2. The molecule has 1 unspecified atom stereocenters. The molecule has 0 aromatic carbocycles. The van der Waals surface area contributed by atoms with Gasteiger partial charge in [-0.2, -0.15) is 5.10 Å². The molecule has 1 N–H and O–H groups in total. The molecule has 6 heteroatoms. The van der Waals surface area contributed by atoms with E-state index in [1.54, 1.807) is 0 Å². The van der Waals surface area contributed by atoms with Crippen LogP contribution < -0.4 is 0 Å². The van der Waals surface area contributed by atoms with E-state index in [0.717, 1.165) is 34.7 Å². The smallest absolute Gasteiger partial charge is 0.179 e. The number of H-pyrrole nitrogens is 1. The fourth-order valence-corrected chi connectivity index (χ4v) is 2.62. The minimum absolute atomic E-state index is 0.200. The lowest BCUT2D eigenvalue weighted by Crippen LogP contribution is -2.14. The van der Waals surface area contributed by atoms with Crippen LogP contribution in [0, 0.1) is 4.77 Å². The van der Waals surface area contributed by atoms with Crippen LogP contribution in [0.15, 0.2) is 0 Å². The highest BCUT2D eigenvalue weighted by molar-refractivity contribution is 7.71. The number of aromatic nitrogens is 4. The van der Waals surface area contributed by atoms with Crippen molar-refractivity contribution in [3.63, 3.8) is 0 Å². The molecule has 0 aliphatic rings. The third kappa shape index (κ3) is 2.10. The van der Waals surface area contributed by atoms with Crippen molar-refractivity contribution in [2.75, 3.05) is 13.2 Å². The van der Waals surface area contributed by atoms with Crippen molar-refractivity contribution in [1.29, 1.82) is 0 Å². The Morgan fingerprint density at radius 3 is 2.78 bits per heavy atom. The molecule has 1 atom stereocenters. The maximum Gasteiger partial charge on any atom is 0.179 e. The van der Waals surface area contributed by atoms with Crippen LogP contribution >= 0.6 is 12.2 Å². The van der Waals surface area contributed by atoms with Gasteiger partial charge in [0.1, 0.15) is 5.52 Å². The first kappa shape index (κ1) is 13.3. The van der Waals surface area contributed by atoms with Gasteiger partial charge in [-0.25, -0.2) is 0 Å². The topological polar surface area (TPSA) is 47.8 Å². The molecule has 0 aliphatic heterocycles. The normalized spacial score (nSPS) is 13.3. The molecule has 5 nitrogen and oxygen atoms in total. The van der Waals surface area contributed by atoms with E-state index < -0.39 is 0 Å². The summed E-state index contributed by atoms with van der Waals surface area (Å²) < 4.78 is 10.2. The zero-order valence-electron chi connectivity index (χ0n) is 11.4. The molecule has 100 valence electrons. The molecule has 2 rings (SSSR count). The molecule has 0 fully saturated rings. The van der Waals surface area contributed by atoms with E-state index in [1.807, 2.05) is 18.7 Å². The summed E-state index contributed by atoms with van der Waals surface area (Å²) in [5, 5.41) is 4.51. The molecule has 0 bridgehead atoms. The Morgan fingerprint density at radius 2 is 2.17 bits per heavy atom. The van der Waals surface area contributed by atoms with Crippen LogP contribution in [-0.4, -0.2) is 32.5 Å². The second-order valence-electron chi connectivity index (χ2n) is 4.43. The molecular weight excluding hydrogens is 248 g/mol. The molecular formula is C12H20N4OS.